The van der Waals surface area contributed by atoms with Gasteiger partial charge >= 0.3 is 0 Å². The monoisotopic (exact) mass is 349 g/mol. The smallest absolute Gasteiger partial charge is 0.254 e. The number of likely N-dealkylation sites (tertiary alicyclic amines) is 1. The fourth-order valence-corrected chi connectivity index (χ4v) is 3.68. The van der Waals surface area contributed by atoms with Crippen LogP contribution in [0.3, 0.4) is 0 Å². The fourth-order valence-electron chi connectivity index (χ4n) is 3.68. The molecule has 1 amide bonds. The van der Waals surface area contributed by atoms with Gasteiger partial charge in [0.05, 0.1) is 6.26 Å². The third kappa shape index (κ3) is 3.57. The number of hydrogen-bond acceptors (Lipinski definition) is 3. The number of rotatable bonds is 4. The van der Waals surface area contributed by atoms with Crippen molar-refractivity contribution in [2.75, 3.05) is 6.54 Å². The van der Waals surface area contributed by atoms with Crippen LogP contribution in [0, 0.1) is 0 Å². The van der Waals surface area contributed by atoms with E-state index in [1.807, 2.05) is 52.2 Å². The molecule has 1 aromatic heterocycles. The van der Waals surface area contributed by atoms with Crippen molar-refractivity contribution in [1.82, 2.24) is 14.7 Å². The van der Waals surface area contributed by atoms with Gasteiger partial charge in [-0.2, -0.15) is 5.10 Å². The van der Waals surface area contributed by atoms with Crippen LogP contribution in [0.15, 0.2) is 60.6 Å². The molecule has 1 aromatic carbocycles. The highest BCUT2D eigenvalue weighted by atomic mass is 16.5. The average molecular weight is 349 g/mol. The first-order valence-corrected chi connectivity index (χ1v) is 9.23. The number of amides is 1. The molecule has 0 bridgehead atoms. The van der Waals surface area contributed by atoms with Crippen LogP contribution in [0.2, 0.25) is 0 Å². The Morgan fingerprint density at radius 3 is 3.04 bits per heavy atom. The van der Waals surface area contributed by atoms with Crippen LogP contribution in [0.4, 0.5) is 0 Å². The lowest BCUT2D eigenvalue weighted by Crippen LogP contribution is -2.44. The number of fused-ring (bicyclic) bond motifs is 1. The lowest BCUT2D eigenvalue weighted by molar-refractivity contribution is -0.130. The molecule has 5 nitrogen and oxygen atoms in total. The quantitative estimate of drug-likeness (QED) is 0.847. The molecule has 2 aromatic rings. The van der Waals surface area contributed by atoms with Crippen LogP contribution in [0.5, 0.6) is 5.75 Å². The highest BCUT2D eigenvalue weighted by molar-refractivity contribution is 6.01. The summed E-state index contributed by atoms with van der Waals surface area (Å²) < 4.78 is 7.56. The number of para-hydroxylation sites is 1. The van der Waals surface area contributed by atoms with Gasteiger partial charge in [-0.15, -0.1) is 0 Å². The Kier molecular flexibility index (Phi) is 4.86. The number of aryl methyl sites for hydroxylation is 1. The van der Waals surface area contributed by atoms with Crippen LogP contribution < -0.4 is 4.74 Å². The zero-order valence-electron chi connectivity index (χ0n) is 14.8. The van der Waals surface area contributed by atoms with Crippen LogP contribution in [-0.2, 0) is 11.3 Å². The zero-order valence-corrected chi connectivity index (χ0v) is 14.8. The minimum atomic E-state index is 0.0896. The van der Waals surface area contributed by atoms with E-state index in [-0.39, 0.29) is 11.9 Å². The molecule has 4 rings (SSSR count). The van der Waals surface area contributed by atoms with E-state index in [0.29, 0.717) is 5.57 Å². The first-order valence-electron chi connectivity index (χ1n) is 9.23. The minimum absolute atomic E-state index is 0.0896. The van der Waals surface area contributed by atoms with Crippen molar-refractivity contribution < 1.29 is 9.53 Å². The molecule has 134 valence electrons. The number of benzene rings is 1. The second kappa shape index (κ2) is 7.60. The molecule has 0 aliphatic carbocycles. The molecule has 26 heavy (non-hydrogen) atoms. The summed E-state index contributed by atoms with van der Waals surface area (Å²) in [7, 11) is 0. The molecule has 0 spiro atoms. The maximum absolute atomic E-state index is 13.2. The standard InChI is InChI=1S/C21H23N3O2/c25-21(18-10-15-26-20-8-2-1-6-17(20)16-18)24-13-4-3-7-19(24)9-14-23-12-5-11-22-23/h1-2,5-6,8,10-12,15-16,19H,3-4,7,9,13-14H2. The molecule has 0 N–H and O–H groups in total. The second-order valence-electron chi connectivity index (χ2n) is 6.76. The molecule has 0 saturated carbocycles. The van der Waals surface area contributed by atoms with Crippen LogP contribution in [-0.4, -0.2) is 33.2 Å². The van der Waals surface area contributed by atoms with E-state index in [9.17, 15) is 4.79 Å². The molecular formula is C21H23N3O2. The first-order chi connectivity index (χ1) is 12.8. The van der Waals surface area contributed by atoms with Crippen LogP contribution in [0.25, 0.3) is 6.08 Å². The Balaban J connectivity index is 1.52. The second-order valence-corrected chi connectivity index (χ2v) is 6.76. The van der Waals surface area contributed by atoms with Crippen molar-refractivity contribution in [1.29, 1.82) is 0 Å². The van der Waals surface area contributed by atoms with Gasteiger partial charge in [0, 0.05) is 42.7 Å². The number of hydrogen-bond donors (Lipinski definition) is 0. The predicted octanol–water partition coefficient (Wildman–Crippen LogP) is 3.64. The number of piperidine rings is 1. The average Bonchev–Trinajstić information content (AvgIpc) is 3.11. The van der Waals surface area contributed by atoms with E-state index >= 15 is 0 Å². The van der Waals surface area contributed by atoms with Gasteiger partial charge in [-0.05, 0) is 50.0 Å². The third-order valence-electron chi connectivity index (χ3n) is 5.06. The van der Waals surface area contributed by atoms with Crippen molar-refractivity contribution in [2.45, 2.75) is 38.3 Å². The van der Waals surface area contributed by atoms with Gasteiger partial charge in [0.1, 0.15) is 5.75 Å². The molecule has 1 unspecified atom stereocenters. The molecule has 2 aliphatic rings. The highest BCUT2D eigenvalue weighted by Crippen LogP contribution is 2.27. The van der Waals surface area contributed by atoms with E-state index in [1.165, 1.54) is 6.42 Å². The summed E-state index contributed by atoms with van der Waals surface area (Å²) in [6.45, 7) is 1.65. The lowest BCUT2D eigenvalue weighted by Gasteiger charge is -2.36. The fraction of sp³-hybridized carbons (Fsp3) is 0.333. The Hall–Kier alpha value is -2.82. The van der Waals surface area contributed by atoms with E-state index in [1.54, 1.807) is 18.5 Å². The van der Waals surface area contributed by atoms with Gasteiger partial charge in [0.15, 0.2) is 0 Å². The predicted molar refractivity (Wildman–Crippen MR) is 100 cm³/mol. The van der Waals surface area contributed by atoms with Gasteiger partial charge in [0.25, 0.3) is 5.91 Å². The number of carbonyl (C=O) groups is 1. The van der Waals surface area contributed by atoms with Crippen molar-refractivity contribution in [3.63, 3.8) is 0 Å². The van der Waals surface area contributed by atoms with Gasteiger partial charge in [-0.1, -0.05) is 18.2 Å². The van der Waals surface area contributed by atoms with E-state index in [0.717, 1.165) is 43.7 Å². The Labute approximate surface area is 153 Å². The van der Waals surface area contributed by atoms with E-state index in [4.69, 9.17) is 4.74 Å². The maximum Gasteiger partial charge on any atom is 0.254 e. The molecule has 1 saturated heterocycles. The number of aromatic nitrogens is 2. The maximum atomic E-state index is 13.2. The molecule has 1 fully saturated rings. The van der Waals surface area contributed by atoms with Crippen molar-refractivity contribution in [2.24, 2.45) is 0 Å². The number of nitrogens with zero attached hydrogens (tertiary/aromatic N) is 3. The molecular weight excluding hydrogens is 326 g/mol. The zero-order chi connectivity index (χ0) is 17.8. The molecule has 2 aliphatic heterocycles. The summed E-state index contributed by atoms with van der Waals surface area (Å²) in [6.07, 6.45) is 13.3. The first kappa shape index (κ1) is 16.6. The van der Waals surface area contributed by atoms with Crippen LogP contribution in [0.1, 0.15) is 31.2 Å². The largest absolute Gasteiger partial charge is 0.464 e. The number of ether oxygens (including phenoxy) is 1. The van der Waals surface area contributed by atoms with Crippen molar-refractivity contribution in [3.8, 4) is 5.75 Å². The summed E-state index contributed by atoms with van der Waals surface area (Å²) in [5, 5.41) is 4.27. The van der Waals surface area contributed by atoms with Crippen molar-refractivity contribution in [3.05, 3.63) is 66.2 Å². The lowest BCUT2D eigenvalue weighted by atomic mass is 9.97. The van der Waals surface area contributed by atoms with E-state index < -0.39 is 0 Å². The number of carbonyl (C=O) groups excluding carboxylic acids is 1. The van der Waals surface area contributed by atoms with Gasteiger partial charge in [-0.25, -0.2) is 0 Å². The van der Waals surface area contributed by atoms with Gasteiger partial charge in [-0.3, -0.25) is 9.48 Å². The van der Waals surface area contributed by atoms with Gasteiger partial charge in [0.2, 0.25) is 0 Å². The summed E-state index contributed by atoms with van der Waals surface area (Å²) in [4.78, 5) is 15.3. The summed E-state index contributed by atoms with van der Waals surface area (Å²) in [5.41, 5.74) is 1.62. The van der Waals surface area contributed by atoms with Crippen LogP contribution >= 0.6 is 0 Å². The Morgan fingerprint density at radius 1 is 1.23 bits per heavy atom. The highest BCUT2D eigenvalue weighted by Gasteiger charge is 2.28. The molecule has 3 heterocycles. The molecule has 0 radical (unpaired) electrons. The summed E-state index contributed by atoms with van der Waals surface area (Å²) >= 11 is 0. The normalized spacial score (nSPS) is 19.3. The van der Waals surface area contributed by atoms with Crippen molar-refractivity contribution >= 4 is 12.0 Å². The van der Waals surface area contributed by atoms with E-state index in [2.05, 4.69) is 5.10 Å². The Bertz CT molecular complexity index is 824. The summed E-state index contributed by atoms with van der Waals surface area (Å²) in [6, 6.07) is 9.97. The topological polar surface area (TPSA) is 47.4 Å². The minimum Gasteiger partial charge on any atom is -0.464 e. The summed E-state index contributed by atoms with van der Waals surface area (Å²) in [5.74, 6) is 0.868. The SMILES string of the molecule is O=C(C1=Cc2ccccc2OC=C1)N1CCCCC1CCn1cccn1. The third-order valence-corrected chi connectivity index (χ3v) is 5.06. The molecule has 5 heteroatoms. The molecule has 1 atom stereocenters. The Morgan fingerprint density at radius 2 is 2.15 bits per heavy atom. The van der Waals surface area contributed by atoms with Gasteiger partial charge < -0.3 is 9.64 Å².